The molecule has 3 saturated heterocycles. The summed E-state index contributed by atoms with van der Waals surface area (Å²) in [5.74, 6) is 0.852. The van der Waals surface area contributed by atoms with E-state index in [9.17, 15) is 8.42 Å². The predicted molar refractivity (Wildman–Crippen MR) is 85.6 cm³/mol. The van der Waals surface area contributed by atoms with E-state index in [1.165, 1.54) is 7.11 Å². The highest BCUT2D eigenvalue weighted by molar-refractivity contribution is 7.89. The van der Waals surface area contributed by atoms with Crippen molar-refractivity contribution >= 4 is 10.0 Å². The molecule has 0 radical (unpaired) electrons. The largest absolute Gasteiger partial charge is 0.495 e. The maximum absolute atomic E-state index is 13.1. The Hall–Kier alpha value is -1.11. The lowest BCUT2D eigenvalue weighted by atomic mass is 9.96. The molecule has 0 unspecified atom stereocenters. The van der Waals surface area contributed by atoms with Crippen molar-refractivity contribution in [3.63, 3.8) is 0 Å². The van der Waals surface area contributed by atoms with Gasteiger partial charge in [-0.15, -0.1) is 0 Å². The summed E-state index contributed by atoms with van der Waals surface area (Å²) in [6.45, 7) is 4.08. The van der Waals surface area contributed by atoms with Crippen molar-refractivity contribution < 1.29 is 13.2 Å². The molecule has 0 N–H and O–H groups in total. The van der Waals surface area contributed by atoms with Crippen LogP contribution in [0.1, 0.15) is 18.4 Å². The van der Waals surface area contributed by atoms with Crippen molar-refractivity contribution in [3.05, 3.63) is 23.8 Å². The molecule has 2 atom stereocenters. The van der Waals surface area contributed by atoms with Crippen LogP contribution in [0.3, 0.4) is 0 Å². The number of methoxy groups -OCH3 is 1. The Morgan fingerprint density at radius 2 is 1.95 bits per heavy atom. The first-order chi connectivity index (χ1) is 10.4. The summed E-state index contributed by atoms with van der Waals surface area (Å²) in [5.41, 5.74) is 0.925. The summed E-state index contributed by atoms with van der Waals surface area (Å²) in [6.07, 6.45) is 2.20. The zero-order valence-electron chi connectivity index (χ0n) is 13.4. The lowest BCUT2D eigenvalue weighted by Crippen LogP contribution is -2.41. The summed E-state index contributed by atoms with van der Waals surface area (Å²) in [7, 11) is 0.0966. The Morgan fingerprint density at radius 3 is 2.64 bits per heavy atom. The molecule has 0 aliphatic carbocycles. The number of sulfonamides is 1. The number of aryl methyl sites for hydroxylation is 1. The zero-order valence-corrected chi connectivity index (χ0v) is 14.3. The summed E-state index contributed by atoms with van der Waals surface area (Å²) < 4.78 is 33.2. The fourth-order valence-corrected chi connectivity index (χ4v) is 5.39. The molecule has 0 spiro atoms. The molecule has 0 aromatic heterocycles. The van der Waals surface area contributed by atoms with Gasteiger partial charge in [-0.2, -0.15) is 4.31 Å². The first-order valence-electron chi connectivity index (χ1n) is 7.77. The van der Waals surface area contributed by atoms with E-state index in [2.05, 4.69) is 11.9 Å². The van der Waals surface area contributed by atoms with E-state index < -0.39 is 10.0 Å². The number of hydrogen-bond donors (Lipinski definition) is 0. The van der Waals surface area contributed by atoms with Crippen LogP contribution in [0, 0.1) is 12.8 Å². The lowest BCUT2D eigenvalue weighted by Gasteiger charge is -2.32. The molecule has 1 aromatic carbocycles. The Labute approximate surface area is 132 Å². The fraction of sp³-hybridized carbons (Fsp3) is 0.625. The highest BCUT2D eigenvalue weighted by atomic mass is 32.2. The quantitative estimate of drug-likeness (QED) is 0.849. The number of nitrogens with zero attached hydrogens (tertiary/aromatic N) is 2. The van der Waals surface area contributed by atoms with E-state index in [0.29, 0.717) is 35.7 Å². The highest BCUT2D eigenvalue weighted by Crippen LogP contribution is 2.33. The standard InChI is InChI=1S/C16H24N2O3S/c1-12-4-7-15(21-3)16(8-12)22(19,20)18-10-13-5-6-14(11-18)17(2)9-13/h4,7-8,13-14H,5-6,9-11H2,1-3H3/t13-,14-/m0/s1. The van der Waals surface area contributed by atoms with Crippen molar-refractivity contribution in [1.82, 2.24) is 9.21 Å². The third-order valence-electron chi connectivity index (χ3n) is 4.89. The molecule has 3 aliphatic rings. The Morgan fingerprint density at radius 1 is 1.18 bits per heavy atom. The second-order valence-electron chi connectivity index (χ2n) is 6.51. The number of rotatable bonds is 3. The second-order valence-corrected chi connectivity index (χ2v) is 8.42. The maximum Gasteiger partial charge on any atom is 0.246 e. The van der Waals surface area contributed by atoms with Gasteiger partial charge in [0.1, 0.15) is 10.6 Å². The summed E-state index contributed by atoms with van der Waals surface area (Å²) >= 11 is 0. The van der Waals surface area contributed by atoms with Gasteiger partial charge in [-0.3, -0.25) is 0 Å². The third kappa shape index (κ3) is 2.75. The SMILES string of the molecule is COc1ccc(C)cc1S(=O)(=O)N1C[C@H]2CC[C@@H](C1)N(C)C2. The topological polar surface area (TPSA) is 49.9 Å². The minimum Gasteiger partial charge on any atom is -0.495 e. The van der Waals surface area contributed by atoms with Crippen LogP contribution in [0.4, 0.5) is 0 Å². The normalized spacial score (nSPS) is 26.9. The first-order valence-corrected chi connectivity index (χ1v) is 9.21. The van der Waals surface area contributed by atoms with Gasteiger partial charge in [0.15, 0.2) is 0 Å². The van der Waals surface area contributed by atoms with Crippen LogP contribution in [0.25, 0.3) is 0 Å². The van der Waals surface area contributed by atoms with Gasteiger partial charge in [0.25, 0.3) is 0 Å². The van der Waals surface area contributed by atoms with Gasteiger partial charge in [0, 0.05) is 25.7 Å². The maximum atomic E-state index is 13.1. The molecular weight excluding hydrogens is 300 g/mol. The molecule has 22 heavy (non-hydrogen) atoms. The molecule has 5 nitrogen and oxygen atoms in total. The van der Waals surface area contributed by atoms with Crippen LogP contribution in [0.15, 0.2) is 23.1 Å². The third-order valence-corrected chi connectivity index (χ3v) is 6.74. The van der Waals surface area contributed by atoms with Crippen molar-refractivity contribution in [2.24, 2.45) is 5.92 Å². The molecule has 0 saturated carbocycles. The number of piperidine rings is 1. The van der Waals surface area contributed by atoms with E-state index in [1.54, 1.807) is 16.4 Å². The number of hydrogen-bond acceptors (Lipinski definition) is 4. The van der Waals surface area contributed by atoms with Gasteiger partial charge >= 0.3 is 0 Å². The van der Waals surface area contributed by atoms with Crippen molar-refractivity contribution in [2.75, 3.05) is 33.8 Å². The van der Waals surface area contributed by atoms with Gasteiger partial charge in [0.2, 0.25) is 10.0 Å². The minimum absolute atomic E-state index is 0.291. The van der Waals surface area contributed by atoms with Crippen molar-refractivity contribution in [1.29, 1.82) is 0 Å². The van der Waals surface area contributed by atoms with E-state index in [1.807, 2.05) is 13.0 Å². The molecule has 2 bridgehead atoms. The first kappa shape index (κ1) is 15.8. The summed E-state index contributed by atoms with van der Waals surface area (Å²) in [4.78, 5) is 2.59. The van der Waals surface area contributed by atoms with Gasteiger partial charge in [0.05, 0.1) is 7.11 Å². The van der Waals surface area contributed by atoms with Gasteiger partial charge < -0.3 is 9.64 Å². The van der Waals surface area contributed by atoms with Crippen LogP contribution in [-0.4, -0.2) is 57.5 Å². The molecular formula is C16H24N2O3S. The van der Waals surface area contributed by atoms with Crippen LogP contribution in [-0.2, 0) is 10.0 Å². The minimum atomic E-state index is -3.52. The van der Waals surface area contributed by atoms with Gasteiger partial charge in [-0.25, -0.2) is 8.42 Å². The molecule has 3 heterocycles. The molecule has 6 heteroatoms. The van der Waals surface area contributed by atoms with Crippen LogP contribution >= 0.6 is 0 Å². The molecule has 0 amide bonds. The molecule has 4 rings (SSSR count). The second kappa shape index (κ2) is 5.83. The zero-order chi connectivity index (χ0) is 15.9. The number of likely N-dealkylation sites (N-methyl/N-ethyl adjacent to an activating group) is 1. The van der Waals surface area contributed by atoms with Crippen LogP contribution in [0.2, 0.25) is 0 Å². The summed E-state index contributed by atoms with van der Waals surface area (Å²) in [5, 5.41) is 0. The number of ether oxygens (including phenoxy) is 1. The van der Waals surface area contributed by atoms with E-state index in [4.69, 9.17) is 4.74 Å². The molecule has 1 aromatic rings. The smallest absolute Gasteiger partial charge is 0.246 e. The fourth-order valence-electron chi connectivity index (χ4n) is 3.59. The number of benzene rings is 1. The molecule has 3 fully saturated rings. The monoisotopic (exact) mass is 324 g/mol. The van der Waals surface area contributed by atoms with E-state index in [-0.39, 0.29) is 0 Å². The molecule has 122 valence electrons. The average Bonchev–Trinajstić information content (AvgIpc) is 2.79. The average molecular weight is 324 g/mol. The van der Waals surface area contributed by atoms with E-state index in [0.717, 1.165) is 24.9 Å². The van der Waals surface area contributed by atoms with Crippen molar-refractivity contribution in [3.8, 4) is 5.75 Å². The lowest BCUT2D eigenvalue weighted by molar-refractivity contribution is 0.168. The Kier molecular flexibility index (Phi) is 4.18. The molecule has 3 aliphatic heterocycles. The van der Waals surface area contributed by atoms with Gasteiger partial charge in [-0.05, 0) is 50.4 Å². The highest BCUT2D eigenvalue weighted by Gasteiger charge is 2.39. The van der Waals surface area contributed by atoms with Crippen LogP contribution < -0.4 is 4.74 Å². The van der Waals surface area contributed by atoms with Crippen LogP contribution in [0.5, 0.6) is 5.75 Å². The summed E-state index contributed by atoms with van der Waals surface area (Å²) in [6, 6.07) is 5.65. The van der Waals surface area contributed by atoms with Crippen molar-refractivity contribution in [2.45, 2.75) is 30.7 Å². The van der Waals surface area contributed by atoms with Gasteiger partial charge in [-0.1, -0.05) is 6.07 Å². The number of fused-ring (bicyclic) bond motifs is 4. The Bertz CT molecular complexity index is 659. The predicted octanol–water partition coefficient (Wildman–Crippen LogP) is 1.72. The van der Waals surface area contributed by atoms with E-state index >= 15 is 0 Å². The Balaban J connectivity index is 1.98.